The highest BCUT2D eigenvalue weighted by atomic mass is 16.5. The molecule has 102 valence electrons. The number of benzene rings is 1. The van der Waals surface area contributed by atoms with E-state index >= 15 is 0 Å². The van der Waals surface area contributed by atoms with E-state index < -0.39 is 0 Å². The molecular weight excluding hydrogens is 244 g/mol. The number of likely N-dealkylation sites (tertiary alicyclic amines) is 1. The fourth-order valence-corrected chi connectivity index (χ4v) is 1.95. The van der Waals surface area contributed by atoms with Crippen molar-refractivity contribution in [1.29, 1.82) is 5.41 Å². The number of nitrogens with two attached hydrogens (primary N) is 1. The van der Waals surface area contributed by atoms with Crippen molar-refractivity contribution in [3.8, 4) is 5.75 Å². The van der Waals surface area contributed by atoms with Crippen molar-refractivity contribution in [1.82, 2.24) is 4.90 Å². The lowest BCUT2D eigenvalue weighted by Gasteiger charge is -2.16. The molecule has 0 bridgehead atoms. The molecule has 1 saturated heterocycles. The molecule has 0 unspecified atom stereocenters. The number of carbonyl (C=O) groups excluding carboxylic acids is 1. The zero-order valence-corrected chi connectivity index (χ0v) is 10.7. The molecule has 1 aromatic carbocycles. The molecule has 4 N–H and O–H groups in total. The number of urea groups is 1. The van der Waals surface area contributed by atoms with E-state index in [-0.39, 0.29) is 18.5 Å². The average molecular weight is 262 g/mol. The zero-order valence-electron chi connectivity index (χ0n) is 10.7. The van der Waals surface area contributed by atoms with Crippen molar-refractivity contribution in [3.05, 3.63) is 24.3 Å². The summed E-state index contributed by atoms with van der Waals surface area (Å²) in [6.45, 7) is 1.67. The minimum absolute atomic E-state index is 0.0356. The fourth-order valence-electron chi connectivity index (χ4n) is 1.95. The Morgan fingerprint density at radius 2 is 2.16 bits per heavy atom. The number of hydrogen-bond donors (Lipinski definition) is 3. The Morgan fingerprint density at radius 1 is 1.42 bits per heavy atom. The molecule has 0 radical (unpaired) electrons. The molecule has 2 rings (SSSR count). The molecule has 0 saturated carbocycles. The van der Waals surface area contributed by atoms with E-state index in [1.165, 1.54) is 0 Å². The van der Waals surface area contributed by atoms with Crippen LogP contribution in [-0.2, 0) is 0 Å². The number of ether oxygens (including phenoxy) is 1. The van der Waals surface area contributed by atoms with E-state index in [0.717, 1.165) is 25.9 Å². The van der Waals surface area contributed by atoms with Gasteiger partial charge < -0.3 is 20.7 Å². The lowest BCUT2D eigenvalue weighted by molar-refractivity contribution is 0.222. The number of amides is 2. The number of nitrogens with one attached hydrogen (secondary N) is 2. The van der Waals surface area contributed by atoms with Gasteiger partial charge in [0, 0.05) is 24.8 Å². The van der Waals surface area contributed by atoms with E-state index in [2.05, 4.69) is 5.32 Å². The average Bonchev–Trinajstić information content (AvgIpc) is 2.91. The van der Waals surface area contributed by atoms with E-state index in [4.69, 9.17) is 15.9 Å². The molecule has 6 nitrogen and oxygen atoms in total. The van der Waals surface area contributed by atoms with E-state index in [0.29, 0.717) is 11.4 Å². The quantitative estimate of drug-likeness (QED) is 0.569. The summed E-state index contributed by atoms with van der Waals surface area (Å²) < 4.78 is 5.30. The van der Waals surface area contributed by atoms with Gasteiger partial charge >= 0.3 is 6.03 Å². The van der Waals surface area contributed by atoms with Crippen molar-refractivity contribution in [2.24, 2.45) is 5.73 Å². The topological polar surface area (TPSA) is 91.4 Å². The summed E-state index contributed by atoms with van der Waals surface area (Å²) in [5.41, 5.74) is 5.90. The Bertz CT molecular complexity index is 469. The van der Waals surface area contributed by atoms with Gasteiger partial charge in [-0.15, -0.1) is 0 Å². The minimum Gasteiger partial charge on any atom is -0.486 e. The van der Waals surface area contributed by atoms with E-state index in [1.807, 2.05) is 0 Å². The predicted octanol–water partition coefficient (Wildman–Crippen LogP) is 1.63. The fraction of sp³-hybridized carbons (Fsp3) is 0.385. The minimum atomic E-state index is -0.0822. The van der Waals surface area contributed by atoms with Crippen LogP contribution in [0.5, 0.6) is 5.75 Å². The van der Waals surface area contributed by atoms with Gasteiger partial charge in [-0.3, -0.25) is 5.41 Å². The third-order valence-electron chi connectivity index (χ3n) is 2.87. The molecule has 2 amide bonds. The molecule has 0 spiro atoms. The van der Waals surface area contributed by atoms with Crippen LogP contribution in [-0.4, -0.2) is 36.5 Å². The summed E-state index contributed by atoms with van der Waals surface area (Å²) in [6.07, 6.45) is 2.13. The number of nitrogens with zero attached hydrogens (tertiary/aromatic N) is 1. The largest absolute Gasteiger partial charge is 0.486 e. The highest BCUT2D eigenvalue weighted by molar-refractivity contribution is 5.89. The van der Waals surface area contributed by atoms with Crippen LogP contribution in [0, 0.1) is 5.41 Å². The Hall–Kier alpha value is -2.24. The maximum atomic E-state index is 11.9. The van der Waals surface area contributed by atoms with Crippen LogP contribution in [0.4, 0.5) is 10.5 Å². The van der Waals surface area contributed by atoms with Gasteiger partial charge in [0.25, 0.3) is 0 Å². The summed E-state index contributed by atoms with van der Waals surface area (Å²) in [6, 6.07) is 6.98. The number of anilines is 1. The van der Waals surface area contributed by atoms with Crippen LogP contribution in [0.1, 0.15) is 12.8 Å². The smallest absolute Gasteiger partial charge is 0.321 e. The molecule has 1 heterocycles. The molecule has 1 fully saturated rings. The monoisotopic (exact) mass is 262 g/mol. The number of amidine groups is 1. The SMILES string of the molecule is N=C(N)COc1cccc(NC(=O)N2CCCC2)c1. The Kier molecular flexibility index (Phi) is 4.22. The Labute approximate surface area is 112 Å². The van der Waals surface area contributed by atoms with Gasteiger partial charge in [-0.05, 0) is 25.0 Å². The summed E-state index contributed by atoms with van der Waals surface area (Å²) in [4.78, 5) is 13.7. The molecule has 0 aromatic heterocycles. The molecule has 0 atom stereocenters. The van der Waals surface area contributed by atoms with E-state index in [9.17, 15) is 4.79 Å². The third kappa shape index (κ3) is 3.87. The number of carbonyl (C=O) groups is 1. The zero-order chi connectivity index (χ0) is 13.7. The molecular formula is C13H18N4O2. The van der Waals surface area contributed by atoms with Crippen LogP contribution in [0.3, 0.4) is 0 Å². The standard InChI is InChI=1S/C13H18N4O2/c14-12(15)9-19-11-5-3-4-10(8-11)16-13(18)17-6-1-2-7-17/h3-5,8H,1-2,6-7,9H2,(H3,14,15)(H,16,18). The van der Waals surface area contributed by atoms with Crippen LogP contribution in [0.25, 0.3) is 0 Å². The number of rotatable bonds is 4. The van der Waals surface area contributed by atoms with Gasteiger partial charge in [-0.25, -0.2) is 4.79 Å². The molecule has 19 heavy (non-hydrogen) atoms. The highest BCUT2D eigenvalue weighted by Crippen LogP contribution is 2.18. The molecule has 6 heteroatoms. The van der Waals surface area contributed by atoms with Crippen molar-refractivity contribution in [3.63, 3.8) is 0 Å². The van der Waals surface area contributed by atoms with Crippen molar-refractivity contribution in [2.45, 2.75) is 12.8 Å². The van der Waals surface area contributed by atoms with Crippen molar-refractivity contribution >= 4 is 17.6 Å². The normalized spacial score (nSPS) is 14.2. The lowest BCUT2D eigenvalue weighted by Crippen LogP contribution is -2.32. The summed E-state index contributed by atoms with van der Waals surface area (Å²) in [5, 5.41) is 9.93. The number of hydrogen-bond acceptors (Lipinski definition) is 3. The summed E-state index contributed by atoms with van der Waals surface area (Å²) in [7, 11) is 0. The van der Waals surface area contributed by atoms with Crippen LogP contribution < -0.4 is 15.8 Å². The summed E-state index contributed by atoms with van der Waals surface area (Å²) >= 11 is 0. The van der Waals surface area contributed by atoms with Crippen molar-refractivity contribution < 1.29 is 9.53 Å². The van der Waals surface area contributed by atoms with Gasteiger partial charge in [0.2, 0.25) is 0 Å². The predicted molar refractivity (Wildman–Crippen MR) is 73.7 cm³/mol. The van der Waals surface area contributed by atoms with Gasteiger partial charge in [0.1, 0.15) is 18.2 Å². The Morgan fingerprint density at radius 3 is 2.84 bits per heavy atom. The van der Waals surface area contributed by atoms with Gasteiger partial charge in [0.15, 0.2) is 0 Å². The maximum Gasteiger partial charge on any atom is 0.321 e. The second-order valence-corrected chi connectivity index (χ2v) is 4.47. The van der Waals surface area contributed by atoms with Gasteiger partial charge in [-0.1, -0.05) is 6.07 Å². The molecule has 1 aliphatic heterocycles. The Balaban J connectivity index is 1.94. The molecule has 1 aliphatic rings. The second kappa shape index (κ2) is 6.08. The highest BCUT2D eigenvalue weighted by Gasteiger charge is 2.17. The van der Waals surface area contributed by atoms with Crippen LogP contribution >= 0.6 is 0 Å². The summed E-state index contributed by atoms with van der Waals surface area (Å²) in [5.74, 6) is 0.543. The van der Waals surface area contributed by atoms with Crippen molar-refractivity contribution in [2.75, 3.05) is 25.0 Å². The van der Waals surface area contributed by atoms with Crippen LogP contribution in [0.15, 0.2) is 24.3 Å². The first-order chi connectivity index (χ1) is 9.15. The maximum absolute atomic E-state index is 11.9. The van der Waals surface area contributed by atoms with Gasteiger partial charge in [0.05, 0.1) is 0 Å². The first-order valence-electron chi connectivity index (χ1n) is 6.27. The second-order valence-electron chi connectivity index (χ2n) is 4.47. The van der Waals surface area contributed by atoms with Crippen LogP contribution in [0.2, 0.25) is 0 Å². The molecule has 0 aliphatic carbocycles. The lowest BCUT2D eigenvalue weighted by atomic mass is 10.3. The molecule has 1 aromatic rings. The van der Waals surface area contributed by atoms with Gasteiger partial charge in [-0.2, -0.15) is 0 Å². The first-order valence-corrected chi connectivity index (χ1v) is 6.27. The van der Waals surface area contributed by atoms with E-state index in [1.54, 1.807) is 29.2 Å². The third-order valence-corrected chi connectivity index (χ3v) is 2.87. The first kappa shape index (κ1) is 13.2.